The third-order valence-electron chi connectivity index (χ3n) is 4.19. The van der Waals surface area contributed by atoms with Gasteiger partial charge in [-0.25, -0.2) is 8.78 Å². The molecule has 0 spiro atoms. The maximum Gasteiger partial charge on any atom is 0.485 e. The number of benzene rings is 1. The first kappa shape index (κ1) is 23.0. The minimum Gasteiger partial charge on any atom is -0.203 e. The van der Waals surface area contributed by atoms with E-state index in [-0.39, 0.29) is 18.4 Å². The van der Waals surface area contributed by atoms with E-state index >= 15 is 0 Å². The Morgan fingerprint density at radius 2 is 1.29 bits per heavy atom. The van der Waals surface area contributed by atoms with Crippen LogP contribution in [0.2, 0.25) is 0 Å². The first-order valence-electron chi connectivity index (χ1n) is 7.49. The Labute approximate surface area is 153 Å². The molecule has 1 heterocycles. The van der Waals surface area contributed by atoms with Crippen LogP contribution in [0, 0.1) is 0 Å². The highest BCUT2D eigenvalue weighted by Crippen LogP contribution is 2.60. The van der Waals surface area contributed by atoms with Crippen LogP contribution in [-0.4, -0.2) is 41.1 Å². The van der Waals surface area contributed by atoms with Crippen molar-refractivity contribution in [1.82, 2.24) is 0 Å². The molecule has 1 aromatic carbocycles. The molecule has 0 aromatic heterocycles. The predicted molar refractivity (Wildman–Crippen MR) is 76.0 cm³/mol. The Hall–Kier alpha value is -1.27. The summed E-state index contributed by atoms with van der Waals surface area (Å²) < 4.78 is 161. The van der Waals surface area contributed by atoms with E-state index < -0.39 is 56.9 Å². The topological polar surface area (TPSA) is 0 Å². The highest BCUT2D eigenvalue weighted by Gasteiger charge is 2.91. The van der Waals surface area contributed by atoms with Crippen molar-refractivity contribution in [3.8, 4) is 0 Å². The highest BCUT2D eigenvalue weighted by molar-refractivity contribution is 7.98. The normalized spacial score (nSPS) is 19.7. The molecule has 1 unspecified atom stereocenters. The van der Waals surface area contributed by atoms with Crippen LogP contribution in [0.25, 0.3) is 0 Å². The average Bonchev–Trinajstić information content (AvgIpc) is 2.60. The zero-order chi connectivity index (χ0) is 21.8. The number of hydrogen-bond acceptors (Lipinski definition) is 0. The smallest absolute Gasteiger partial charge is 0.203 e. The summed E-state index contributed by atoms with van der Waals surface area (Å²) in [5, 5.41) is -5.91. The lowest BCUT2D eigenvalue weighted by Gasteiger charge is -2.38. The third-order valence-corrected chi connectivity index (χ3v) is 6.69. The van der Waals surface area contributed by atoms with Crippen LogP contribution < -0.4 is 0 Å². The second-order valence-electron chi connectivity index (χ2n) is 5.97. The van der Waals surface area contributed by atoms with Gasteiger partial charge >= 0.3 is 35.4 Å². The number of halogens is 12. The van der Waals surface area contributed by atoms with E-state index in [9.17, 15) is 52.7 Å². The molecule has 160 valence electrons. The van der Waals surface area contributed by atoms with Crippen molar-refractivity contribution in [3.05, 3.63) is 29.8 Å². The van der Waals surface area contributed by atoms with Gasteiger partial charge in [0.25, 0.3) is 0 Å². The molecule has 0 nitrogen and oxygen atoms in total. The van der Waals surface area contributed by atoms with Crippen molar-refractivity contribution in [2.45, 2.75) is 53.1 Å². The lowest BCUT2D eigenvalue weighted by Crippen LogP contribution is -2.70. The summed E-state index contributed by atoms with van der Waals surface area (Å²) in [7, 11) is -3.05. The molecule has 0 saturated heterocycles. The van der Waals surface area contributed by atoms with Gasteiger partial charge in [-0.15, -0.1) is 8.78 Å². The van der Waals surface area contributed by atoms with Gasteiger partial charge in [0.1, 0.15) is 16.6 Å². The Morgan fingerprint density at radius 1 is 0.750 bits per heavy atom. The van der Waals surface area contributed by atoms with E-state index in [0.29, 0.717) is 0 Å². The van der Waals surface area contributed by atoms with Gasteiger partial charge in [0.2, 0.25) is 0 Å². The van der Waals surface area contributed by atoms with Crippen molar-refractivity contribution >= 4 is 10.9 Å². The molecule has 28 heavy (non-hydrogen) atoms. The maximum absolute atomic E-state index is 14.4. The first-order valence-corrected chi connectivity index (χ1v) is 8.89. The van der Waals surface area contributed by atoms with E-state index in [0.717, 1.165) is 12.1 Å². The molecule has 0 aliphatic carbocycles. The summed E-state index contributed by atoms with van der Waals surface area (Å²) in [4.78, 5) is -0.502. The molecule has 0 amide bonds. The van der Waals surface area contributed by atoms with Gasteiger partial charge in [-0.2, -0.15) is 35.1 Å². The van der Waals surface area contributed by atoms with E-state index in [2.05, 4.69) is 0 Å². The second-order valence-corrected chi connectivity index (χ2v) is 8.11. The third kappa shape index (κ3) is 3.04. The van der Waals surface area contributed by atoms with E-state index in [1.54, 1.807) is 0 Å². The molecule has 1 aliphatic heterocycles. The zero-order valence-corrected chi connectivity index (χ0v) is 14.3. The summed E-state index contributed by atoms with van der Waals surface area (Å²) >= 11 is 0. The molecule has 2 rings (SSSR count). The Kier molecular flexibility index (Phi) is 5.68. The van der Waals surface area contributed by atoms with E-state index in [4.69, 9.17) is 0 Å². The second kappa shape index (κ2) is 6.91. The minimum absolute atomic E-state index is 0.0838. The SMILES string of the molecule is FC(F)C(F)(F)C(F)(F)C(F)(F)C(F)(F)C(F)(F)[S+]1CCCc2ccccc21. The van der Waals surface area contributed by atoms with Crippen molar-refractivity contribution in [2.24, 2.45) is 0 Å². The predicted octanol–water partition coefficient (Wildman–Crippen LogP) is 6.01. The number of aryl methyl sites for hydroxylation is 1. The fraction of sp³-hybridized carbons (Fsp3) is 0.600. The van der Waals surface area contributed by atoms with E-state index in [1.807, 2.05) is 0 Å². The maximum atomic E-state index is 14.4. The Balaban J connectivity index is 2.55. The molecular formula is C15H11F12S+. The summed E-state index contributed by atoms with van der Waals surface area (Å²) in [6, 6.07) is 4.61. The Morgan fingerprint density at radius 3 is 1.82 bits per heavy atom. The molecule has 1 atom stereocenters. The monoisotopic (exact) mass is 451 g/mol. The number of hydrogen-bond donors (Lipinski definition) is 0. The lowest BCUT2D eigenvalue weighted by atomic mass is 9.99. The number of rotatable bonds is 6. The van der Waals surface area contributed by atoms with Crippen LogP contribution in [0.5, 0.6) is 0 Å². The molecule has 13 heteroatoms. The largest absolute Gasteiger partial charge is 0.485 e. The standard InChI is InChI=1S/C15H11F12S/c16-10(17)11(18,19)12(20,21)13(22,23)14(24,25)15(26,27)28-7-3-5-8-4-1-2-6-9(8)28/h1-2,4,6,10H,3,5,7H2/q+1. The molecular weight excluding hydrogens is 440 g/mol. The summed E-state index contributed by atoms with van der Waals surface area (Å²) in [6.07, 6.45) is -5.55. The molecule has 1 aliphatic rings. The van der Waals surface area contributed by atoms with Crippen molar-refractivity contribution in [3.63, 3.8) is 0 Å². The molecule has 0 radical (unpaired) electrons. The van der Waals surface area contributed by atoms with Crippen molar-refractivity contribution in [1.29, 1.82) is 0 Å². The summed E-state index contributed by atoms with van der Waals surface area (Å²) in [6.45, 7) is 0. The van der Waals surface area contributed by atoms with Crippen LogP contribution in [0.1, 0.15) is 12.0 Å². The lowest BCUT2D eigenvalue weighted by molar-refractivity contribution is -0.402. The molecule has 1 aromatic rings. The average molecular weight is 451 g/mol. The van der Waals surface area contributed by atoms with Crippen LogP contribution in [-0.2, 0) is 17.3 Å². The van der Waals surface area contributed by atoms with Gasteiger partial charge < -0.3 is 0 Å². The molecule has 0 fully saturated rings. The molecule has 0 N–H and O–H groups in total. The summed E-state index contributed by atoms with van der Waals surface area (Å²) in [5.74, 6) is -29.7. The zero-order valence-electron chi connectivity index (χ0n) is 13.5. The minimum atomic E-state index is -7.47. The first-order chi connectivity index (χ1) is 12.5. The van der Waals surface area contributed by atoms with Crippen molar-refractivity contribution < 1.29 is 52.7 Å². The Bertz CT molecular complexity index is 715. The van der Waals surface area contributed by atoms with Crippen LogP contribution in [0.3, 0.4) is 0 Å². The van der Waals surface area contributed by atoms with Crippen LogP contribution in [0.4, 0.5) is 52.7 Å². The highest BCUT2D eigenvalue weighted by atomic mass is 32.2. The van der Waals surface area contributed by atoms with Crippen molar-refractivity contribution in [2.75, 3.05) is 5.75 Å². The van der Waals surface area contributed by atoms with Gasteiger partial charge in [-0.3, -0.25) is 0 Å². The fourth-order valence-electron chi connectivity index (χ4n) is 2.61. The summed E-state index contributed by atoms with van der Waals surface area (Å²) in [5.41, 5.74) is 0.0838. The fourth-order valence-corrected chi connectivity index (χ4v) is 4.97. The quantitative estimate of drug-likeness (QED) is 0.367. The van der Waals surface area contributed by atoms with Gasteiger partial charge in [0.05, 0.1) is 0 Å². The van der Waals surface area contributed by atoms with Gasteiger partial charge in [-0.05, 0) is 18.9 Å². The molecule has 0 bridgehead atoms. The van der Waals surface area contributed by atoms with Gasteiger partial charge in [-0.1, -0.05) is 18.2 Å². The molecule has 0 saturated carbocycles. The van der Waals surface area contributed by atoms with Gasteiger partial charge in [0, 0.05) is 5.56 Å². The number of fused-ring (bicyclic) bond motifs is 1. The number of alkyl halides is 12. The van der Waals surface area contributed by atoms with Crippen LogP contribution >= 0.6 is 0 Å². The van der Waals surface area contributed by atoms with Crippen LogP contribution in [0.15, 0.2) is 29.2 Å². The van der Waals surface area contributed by atoms with Gasteiger partial charge in [0.15, 0.2) is 4.90 Å². The van der Waals surface area contributed by atoms with E-state index in [1.165, 1.54) is 12.1 Å².